The second-order valence-corrected chi connectivity index (χ2v) is 4.04. The Bertz CT molecular complexity index is 463. The summed E-state index contributed by atoms with van der Waals surface area (Å²) in [6, 6.07) is 2.14. The zero-order valence-electron chi connectivity index (χ0n) is 10.2. The van der Waals surface area contributed by atoms with E-state index in [1.165, 1.54) is 0 Å². The number of rotatable bonds is 5. The Kier molecular flexibility index (Phi) is 4.71. The first-order valence-electron chi connectivity index (χ1n) is 5.60. The van der Waals surface area contributed by atoms with Crippen molar-refractivity contribution in [1.82, 2.24) is 0 Å². The van der Waals surface area contributed by atoms with Gasteiger partial charge in [0.05, 0.1) is 10.5 Å². The van der Waals surface area contributed by atoms with E-state index in [1.807, 2.05) is 6.92 Å². The van der Waals surface area contributed by atoms with E-state index < -0.39 is 22.4 Å². The summed E-state index contributed by atoms with van der Waals surface area (Å²) >= 11 is 0. The lowest BCUT2D eigenvalue weighted by molar-refractivity contribution is -0.384. The SMILES string of the molecule is CCC(N)CNc1ccc(C(F)(F)F)cc1[N+](=O)[O-]. The van der Waals surface area contributed by atoms with Crippen molar-refractivity contribution < 1.29 is 18.1 Å². The van der Waals surface area contributed by atoms with E-state index in [9.17, 15) is 23.3 Å². The fraction of sp³-hybridized carbons (Fsp3) is 0.455. The number of hydrogen-bond donors (Lipinski definition) is 2. The van der Waals surface area contributed by atoms with Crippen molar-refractivity contribution in [2.75, 3.05) is 11.9 Å². The Balaban J connectivity index is 3.02. The van der Waals surface area contributed by atoms with Gasteiger partial charge in [0.1, 0.15) is 5.69 Å². The zero-order chi connectivity index (χ0) is 14.6. The first kappa shape index (κ1) is 15.2. The van der Waals surface area contributed by atoms with Crippen molar-refractivity contribution >= 4 is 11.4 Å². The molecule has 0 spiro atoms. The number of nitrogens with two attached hydrogens (primary N) is 1. The van der Waals surface area contributed by atoms with Crippen LogP contribution in [-0.2, 0) is 6.18 Å². The van der Waals surface area contributed by atoms with Gasteiger partial charge < -0.3 is 11.1 Å². The molecule has 19 heavy (non-hydrogen) atoms. The summed E-state index contributed by atoms with van der Waals surface area (Å²) in [7, 11) is 0. The molecule has 0 heterocycles. The number of anilines is 1. The zero-order valence-corrected chi connectivity index (χ0v) is 10.2. The van der Waals surface area contributed by atoms with Crippen LogP contribution in [-0.4, -0.2) is 17.5 Å². The van der Waals surface area contributed by atoms with Crippen molar-refractivity contribution in [1.29, 1.82) is 0 Å². The Morgan fingerprint density at radius 2 is 2.11 bits per heavy atom. The fourth-order valence-electron chi connectivity index (χ4n) is 1.39. The molecule has 0 aliphatic heterocycles. The number of nitro benzene ring substituents is 1. The van der Waals surface area contributed by atoms with E-state index in [2.05, 4.69) is 5.32 Å². The number of alkyl halides is 3. The van der Waals surface area contributed by atoms with Gasteiger partial charge in [0.25, 0.3) is 5.69 Å². The Labute approximate surface area is 107 Å². The summed E-state index contributed by atoms with van der Waals surface area (Å²) in [5.41, 5.74) is 4.00. The predicted octanol–water partition coefficient (Wildman–Crippen LogP) is 2.76. The van der Waals surface area contributed by atoms with Gasteiger partial charge >= 0.3 is 6.18 Å². The minimum absolute atomic E-state index is 0.0295. The molecule has 0 aromatic heterocycles. The van der Waals surface area contributed by atoms with Crippen LogP contribution in [0.15, 0.2) is 18.2 Å². The smallest absolute Gasteiger partial charge is 0.378 e. The Hall–Kier alpha value is -1.83. The average Bonchev–Trinajstić information content (AvgIpc) is 2.34. The minimum Gasteiger partial charge on any atom is -0.378 e. The summed E-state index contributed by atoms with van der Waals surface area (Å²) < 4.78 is 37.4. The maximum absolute atomic E-state index is 12.5. The minimum atomic E-state index is -4.61. The molecule has 106 valence electrons. The molecule has 1 rings (SSSR count). The summed E-state index contributed by atoms with van der Waals surface area (Å²) in [5.74, 6) is 0. The van der Waals surface area contributed by atoms with Crippen molar-refractivity contribution in [3.05, 3.63) is 33.9 Å². The highest BCUT2D eigenvalue weighted by molar-refractivity contribution is 5.63. The lowest BCUT2D eigenvalue weighted by Gasteiger charge is -2.13. The number of nitrogens with one attached hydrogen (secondary N) is 1. The largest absolute Gasteiger partial charge is 0.416 e. The first-order chi connectivity index (χ1) is 8.75. The van der Waals surface area contributed by atoms with Crippen LogP contribution in [0.1, 0.15) is 18.9 Å². The summed E-state index contributed by atoms with van der Waals surface area (Å²) in [5, 5.41) is 13.5. The Morgan fingerprint density at radius 3 is 2.58 bits per heavy atom. The predicted molar refractivity (Wildman–Crippen MR) is 64.9 cm³/mol. The van der Waals surface area contributed by atoms with Gasteiger partial charge in [-0.2, -0.15) is 13.2 Å². The highest BCUT2D eigenvalue weighted by atomic mass is 19.4. The fourth-order valence-corrected chi connectivity index (χ4v) is 1.39. The standard InChI is InChI=1S/C11H14F3N3O2/c1-2-8(15)6-16-9-4-3-7(11(12,13)14)5-10(9)17(18)19/h3-5,8,16H,2,6,15H2,1H3. The molecule has 1 aromatic rings. The van der Waals surface area contributed by atoms with E-state index in [0.29, 0.717) is 12.5 Å². The summed E-state index contributed by atoms with van der Waals surface area (Å²) in [4.78, 5) is 9.93. The normalized spacial score (nSPS) is 13.1. The van der Waals surface area contributed by atoms with Gasteiger partial charge in [0, 0.05) is 18.7 Å². The summed E-state index contributed by atoms with van der Waals surface area (Å²) in [6.45, 7) is 2.09. The van der Waals surface area contributed by atoms with Crippen LogP contribution in [0.5, 0.6) is 0 Å². The molecule has 0 aliphatic carbocycles. The molecule has 0 aliphatic rings. The van der Waals surface area contributed by atoms with E-state index in [1.54, 1.807) is 0 Å². The summed E-state index contributed by atoms with van der Waals surface area (Å²) in [6.07, 6.45) is -3.95. The second-order valence-electron chi connectivity index (χ2n) is 4.04. The van der Waals surface area contributed by atoms with E-state index in [-0.39, 0.29) is 18.3 Å². The van der Waals surface area contributed by atoms with Crippen LogP contribution in [0.2, 0.25) is 0 Å². The number of benzene rings is 1. The maximum Gasteiger partial charge on any atom is 0.416 e. The molecule has 5 nitrogen and oxygen atoms in total. The molecule has 0 saturated heterocycles. The van der Waals surface area contributed by atoms with E-state index >= 15 is 0 Å². The quantitative estimate of drug-likeness (QED) is 0.640. The number of nitrogens with zero attached hydrogens (tertiary/aromatic N) is 1. The topological polar surface area (TPSA) is 81.2 Å². The van der Waals surface area contributed by atoms with Crippen LogP contribution < -0.4 is 11.1 Å². The second kappa shape index (κ2) is 5.87. The van der Waals surface area contributed by atoms with Crippen LogP contribution in [0.4, 0.5) is 24.5 Å². The molecule has 0 amide bonds. The highest BCUT2D eigenvalue weighted by Crippen LogP contribution is 2.34. The molecule has 0 fully saturated rings. The molecule has 1 aromatic carbocycles. The van der Waals surface area contributed by atoms with Crippen LogP contribution >= 0.6 is 0 Å². The molecule has 0 bridgehead atoms. The third-order valence-electron chi connectivity index (χ3n) is 2.60. The lowest BCUT2D eigenvalue weighted by atomic mass is 10.1. The average molecular weight is 277 g/mol. The highest BCUT2D eigenvalue weighted by Gasteiger charge is 2.33. The van der Waals surface area contributed by atoms with Gasteiger partial charge in [0.15, 0.2) is 0 Å². The first-order valence-corrected chi connectivity index (χ1v) is 5.60. The monoisotopic (exact) mass is 277 g/mol. The van der Waals surface area contributed by atoms with Crippen molar-refractivity contribution in [3.63, 3.8) is 0 Å². The van der Waals surface area contributed by atoms with Crippen molar-refractivity contribution in [2.24, 2.45) is 5.73 Å². The molecule has 8 heteroatoms. The van der Waals surface area contributed by atoms with Gasteiger partial charge in [0.2, 0.25) is 0 Å². The molecular formula is C11H14F3N3O2. The van der Waals surface area contributed by atoms with Crippen LogP contribution in [0.25, 0.3) is 0 Å². The molecule has 1 unspecified atom stereocenters. The molecular weight excluding hydrogens is 263 g/mol. The number of halogens is 3. The third kappa shape index (κ3) is 4.09. The third-order valence-corrected chi connectivity index (χ3v) is 2.60. The van der Waals surface area contributed by atoms with Gasteiger partial charge in [-0.25, -0.2) is 0 Å². The molecule has 3 N–H and O–H groups in total. The number of nitro groups is 1. The molecule has 0 radical (unpaired) electrons. The van der Waals surface area contributed by atoms with Gasteiger partial charge in [-0.3, -0.25) is 10.1 Å². The van der Waals surface area contributed by atoms with Crippen molar-refractivity contribution in [3.8, 4) is 0 Å². The van der Waals surface area contributed by atoms with Gasteiger partial charge in [-0.05, 0) is 18.6 Å². The molecule has 1 atom stereocenters. The van der Waals surface area contributed by atoms with Crippen LogP contribution in [0.3, 0.4) is 0 Å². The van der Waals surface area contributed by atoms with Gasteiger partial charge in [-0.15, -0.1) is 0 Å². The molecule has 0 saturated carbocycles. The van der Waals surface area contributed by atoms with E-state index in [4.69, 9.17) is 5.73 Å². The lowest BCUT2D eigenvalue weighted by Crippen LogP contribution is -2.28. The maximum atomic E-state index is 12.5. The van der Waals surface area contributed by atoms with Gasteiger partial charge in [-0.1, -0.05) is 6.92 Å². The van der Waals surface area contributed by atoms with E-state index in [0.717, 1.165) is 12.1 Å². The Morgan fingerprint density at radius 1 is 1.47 bits per heavy atom. The van der Waals surface area contributed by atoms with Crippen LogP contribution in [0, 0.1) is 10.1 Å². The van der Waals surface area contributed by atoms with Crippen molar-refractivity contribution in [2.45, 2.75) is 25.6 Å². The number of hydrogen-bond acceptors (Lipinski definition) is 4.